The fourth-order valence-electron chi connectivity index (χ4n) is 1.99. The lowest BCUT2D eigenvalue weighted by atomic mass is 10.0. The van der Waals surface area contributed by atoms with Crippen LogP contribution in [0.3, 0.4) is 0 Å². The number of rotatable bonds is 2. The third-order valence-corrected chi connectivity index (χ3v) is 3.09. The van der Waals surface area contributed by atoms with Gasteiger partial charge in [-0.2, -0.15) is 13.2 Å². The molecule has 7 heteroatoms. The molecule has 0 spiro atoms. The summed E-state index contributed by atoms with van der Waals surface area (Å²) in [7, 11) is 0. The van der Waals surface area contributed by atoms with E-state index in [1.165, 1.54) is 0 Å². The van der Waals surface area contributed by atoms with Crippen LogP contribution in [-0.2, 0) is 6.18 Å². The Labute approximate surface area is 108 Å². The summed E-state index contributed by atoms with van der Waals surface area (Å²) in [5.41, 5.74) is -1.12. The molecule has 0 bridgehead atoms. The Balaban J connectivity index is 2.13. The number of ether oxygens (including phenoxy) is 1. The molecule has 1 N–H and O–H groups in total. The molecule has 2 rings (SSSR count). The summed E-state index contributed by atoms with van der Waals surface area (Å²) in [5, 5.41) is 3.15. The van der Waals surface area contributed by atoms with Gasteiger partial charge in [-0.05, 0) is 32.4 Å². The number of halogens is 4. The van der Waals surface area contributed by atoms with Crippen molar-refractivity contribution in [3.05, 3.63) is 23.6 Å². The van der Waals surface area contributed by atoms with Crippen LogP contribution >= 0.6 is 0 Å². The zero-order valence-electron chi connectivity index (χ0n) is 10.3. The molecule has 1 fully saturated rings. The van der Waals surface area contributed by atoms with Gasteiger partial charge in [0.1, 0.15) is 6.10 Å². The lowest BCUT2D eigenvalue weighted by Gasteiger charge is -2.30. The number of aromatic nitrogens is 1. The molecule has 3 nitrogen and oxygen atoms in total. The number of hydrogen-bond acceptors (Lipinski definition) is 3. The summed E-state index contributed by atoms with van der Waals surface area (Å²) in [4.78, 5) is 3.43. The predicted molar refractivity (Wildman–Crippen MR) is 60.3 cm³/mol. The molecule has 2 atom stereocenters. The van der Waals surface area contributed by atoms with E-state index < -0.39 is 17.6 Å². The highest BCUT2D eigenvalue weighted by molar-refractivity contribution is 5.22. The van der Waals surface area contributed by atoms with Crippen molar-refractivity contribution in [3.8, 4) is 5.88 Å². The summed E-state index contributed by atoms with van der Waals surface area (Å²) >= 11 is 0. The number of piperidine rings is 1. The average Bonchev–Trinajstić information content (AvgIpc) is 2.33. The molecule has 19 heavy (non-hydrogen) atoms. The molecule has 0 aliphatic carbocycles. The van der Waals surface area contributed by atoms with Crippen molar-refractivity contribution < 1.29 is 22.3 Å². The molecule has 1 saturated heterocycles. The van der Waals surface area contributed by atoms with Gasteiger partial charge in [-0.15, -0.1) is 0 Å². The minimum Gasteiger partial charge on any atom is -0.471 e. The van der Waals surface area contributed by atoms with Gasteiger partial charge < -0.3 is 10.1 Å². The van der Waals surface area contributed by atoms with E-state index in [-0.39, 0.29) is 18.0 Å². The van der Waals surface area contributed by atoms with E-state index in [1.807, 2.05) is 6.92 Å². The number of nitrogens with zero attached hydrogens (tertiary/aromatic N) is 1. The normalized spacial score (nSPS) is 24.3. The van der Waals surface area contributed by atoms with Crippen molar-refractivity contribution in [1.82, 2.24) is 10.3 Å². The van der Waals surface area contributed by atoms with E-state index in [0.29, 0.717) is 12.3 Å². The van der Waals surface area contributed by atoms with Gasteiger partial charge in [0, 0.05) is 12.2 Å². The van der Waals surface area contributed by atoms with Crippen molar-refractivity contribution in [2.45, 2.75) is 38.1 Å². The third kappa shape index (κ3) is 3.34. The smallest absolute Gasteiger partial charge is 0.417 e. The largest absolute Gasteiger partial charge is 0.471 e. The van der Waals surface area contributed by atoms with Crippen LogP contribution in [0.2, 0.25) is 0 Å². The van der Waals surface area contributed by atoms with E-state index in [4.69, 9.17) is 4.74 Å². The second-order valence-electron chi connectivity index (χ2n) is 4.55. The maximum atomic E-state index is 13.6. The summed E-state index contributed by atoms with van der Waals surface area (Å²) < 4.78 is 56.0. The van der Waals surface area contributed by atoms with Gasteiger partial charge in [-0.25, -0.2) is 9.37 Å². The number of nitrogens with one attached hydrogen (secondary N) is 1. The topological polar surface area (TPSA) is 34.1 Å². The first kappa shape index (κ1) is 14.0. The highest BCUT2D eigenvalue weighted by Gasteiger charge is 2.32. The molecule has 0 unspecified atom stereocenters. The average molecular weight is 278 g/mol. The van der Waals surface area contributed by atoms with Gasteiger partial charge in [-0.1, -0.05) is 0 Å². The first-order valence-electron chi connectivity index (χ1n) is 6.00. The van der Waals surface area contributed by atoms with Crippen molar-refractivity contribution in [2.24, 2.45) is 0 Å². The van der Waals surface area contributed by atoms with E-state index in [1.54, 1.807) is 0 Å². The molecule has 0 amide bonds. The zero-order chi connectivity index (χ0) is 14.0. The zero-order valence-corrected chi connectivity index (χ0v) is 10.3. The van der Waals surface area contributed by atoms with Crippen molar-refractivity contribution in [3.63, 3.8) is 0 Å². The van der Waals surface area contributed by atoms with Crippen LogP contribution in [0.5, 0.6) is 5.88 Å². The molecule has 0 aromatic carbocycles. The van der Waals surface area contributed by atoms with Crippen LogP contribution in [0.1, 0.15) is 25.3 Å². The van der Waals surface area contributed by atoms with E-state index in [0.717, 1.165) is 19.4 Å². The Morgan fingerprint density at radius 3 is 2.74 bits per heavy atom. The first-order valence-corrected chi connectivity index (χ1v) is 6.00. The number of hydrogen-bond donors (Lipinski definition) is 1. The molecule has 0 saturated carbocycles. The molecular formula is C12H14F4N2O. The fourth-order valence-corrected chi connectivity index (χ4v) is 1.99. The van der Waals surface area contributed by atoms with Crippen LogP contribution < -0.4 is 10.1 Å². The second-order valence-corrected chi connectivity index (χ2v) is 4.55. The fraction of sp³-hybridized carbons (Fsp3) is 0.583. The van der Waals surface area contributed by atoms with Crippen molar-refractivity contribution in [1.29, 1.82) is 0 Å². The Morgan fingerprint density at radius 1 is 1.42 bits per heavy atom. The molecular weight excluding hydrogens is 264 g/mol. The number of alkyl halides is 3. The van der Waals surface area contributed by atoms with Crippen LogP contribution in [0.15, 0.2) is 12.3 Å². The lowest BCUT2D eigenvalue weighted by Crippen LogP contribution is -2.45. The molecule has 0 radical (unpaired) electrons. The van der Waals surface area contributed by atoms with Gasteiger partial charge in [0.2, 0.25) is 0 Å². The van der Waals surface area contributed by atoms with E-state index in [2.05, 4.69) is 10.3 Å². The maximum absolute atomic E-state index is 13.6. The molecule has 1 aliphatic rings. The first-order chi connectivity index (χ1) is 8.88. The standard InChI is InChI=1S/C12H14F4N2O/c1-7-10(3-2-4-17-7)19-11-9(13)5-8(6-18-11)12(14,15)16/h5-7,10,17H,2-4H2,1H3/t7-,10+/m0/s1. The van der Waals surface area contributed by atoms with Crippen LogP contribution in [0.25, 0.3) is 0 Å². The molecule has 1 aliphatic heterocycles. The molecule has 1 aromatic rings. The van der Waals surface area contributed by atoms with Crippen molar-refractivity contribution in [2.75, 3.05) is 6.54 Å². The highest BCUT2D eigenvalue weighted by Crippen LogP contribution is 2.31. The third-order valence-electron chi connectivity index (χ3n) is 3.09. The second kappa shape index (κ2) is 5.32. The summed E-state index contributed by atoms with van der Waals surface area (Å²) in [6.07, 6.45) is -2.72. The van der Waals surface area contributed by atoms with Crippen LogP contribution in [0, 0.1) is 5.82 Å². The van der Waals surface area contributed by atoms with Gasteiger partial charge in [0.15, 0.2) is 5.82 Å². The highest BCUT2D eigenvalue weighted by atomic mass is 19.4. The monoisotopic (exact) mass is 278 g/mol. The van der Waals surface area contributed by atoms with Gasteiger partial charge >= 0.3 is 6.18 Å². The van der Waals surface area contributed by atoms with Crippen molar-refractivity contribution >= 4 is 0 Å². The predicted octanol–water partition coefficient (Wildman–Crippen LogP) is 2.76. The lowest BCUT2D eigenvalue weighted by molar-refractivity contribution is -0.138. The maximum Gasteiger partial charge on any atom is 0.417 e. The Bertz CT molecular complexity index is 450. The van der Waals surface area contributed by atoms with Crippen LogP contribution in [0.4, 0.5) is 17.6 Å². The summed E-state index contributed by atoms with van der Waals surface area (Å²) in [6, 6.07) is 0.417. The molecule has 1 aromatic heterocycles. The molecule has 2 heterocycles. The number of pyridine rings is 1. The quantitative estimate of drug-likeness (QED) is 0.845. The Morgan fingerprint density at radius 2 is 2.16 bits per heavy atom. The van der Waals surface area contributed by atoms with E-state index >= 15 is 0 Å². The summed E-state index contributed by atoms with van der Waals surface area (Å²) in [6.45, 7) is 2.73. The minimum atomic E-state index is -4.61. The Kier molecular flexibility index (Phi) is 3.93. The van der Waals surface area contributed by atoms with Crippen LogP contribution in [-0.4, -0.2) is 23.7 Å². The van der Waals surface area contributed by atoms with E-state index in [9.17, 15) is 17.6 Å². The SMILES string of the molecule is C[C@@H]1NCCC[C@H]1Oc1ncc(C(F)(F)F)cc1F. The Hall–Kier alpha value is -1.37. The van der Waals surface area contributed by atoms with Gasteiger partial charge in [0.25, 0.3) is 5.88 Å². The molecule has 106 valence electrons. The van der Waals surface area contributed by atoms with Gasteiger partial charge in [0.05, 0.1) is 5.56 Å². The minimum absolute atomic E-state index is 0.0113. The van der Waals surface area contributed by atoms with Gasteiger partial charge in [-0.3, -0.25) is 0 Å². The summed E-state index contributed by atoms with van der Waals surface area (Å²) in [5.74, 6) is -1.47.